The van der Waals surface area contributed by atoms with Gasteiger partial charge in [0.25, 0.3) is 0 Å². The first-order chi connectivity index (χ1) is 65.7. The summed E-state index contributed by atoms with van der Waals surface area (Å²) in [6.45, 7) is 4.72. The van der Waals surface area contributed by atoms with Crippen LogP contribution in [0.2, 0.25) is 0 Å². The lowest BCUT2D eigenvalue weighted by Gasteiger charge is -2.22. The van der Waals surface area contributed by atoms with Crippen LogP contribution in [0, 0.1) is 0 Å². The van der Waals surface area contributed by atoms with Crippen molar-refractivity contribution < 1.29 is 8.83 Å². The van der Waals surface area contributed by atoms with Gasteiger partial charge >= 0.3 is 0 Å². The van der Waals surface area contributed by atoms with Crippen LogP contribution in [0.15, 0.2) is 494 Å². The highest BCUT2D eigenvalue weighted by atomic mass is 16.3. The summed E-state index contributed by atoms with van der Waals surface area (Å²) in [4.78, 5) is 0. The van der Waals surface area contributed by atoms with E-state index in [2.05, 4.69) is 487 Å². The summed E-state index contributed by atoms with van der Waals surface area (Å²) in [6, 6.07) is 176. The molecule has 0 amide bonds. The van der Waals surface area contributed by atoms with E-state index in [1.807, 2.05) is 12.1 Å². The van der Waals surface area contributed by atoms with E-state index < -0.39 is 0 Å². The van der Waals surface area contributed by atoms with Crippen molar-refractivity contribution in [2.45, 2.75) is 19.3 Å². The summed E-state index contributed by atoms with van der Waals surface area (Å²) in [5, 5.41) is 24.5. The van der Waals surface area contributed by atoms with Crippen LogP contribution in [0.5, 0.6) is 0 Å². The SMILES string of the molecule is CC1(C)c2ccccc2-c2ccc(-c3ccc4c(-c5ccccc5)c5ccccc5c(-c5ccc(-c6ccccc6)cc5)c4c3)cc21.c1ccc(-c2c3ccccc3c(-c3ccc4oc5c6ccccc6ccc5c4c3)c3cc(-c4ccc5ccccc5c4)ccc23)cc1.c1ccc(-c2c3ccccc3c(-c3ccccc3)c3cc(-c4cccc5c4oc4ccccc45)ccc23)cc1. The third-order valence-corrected chi connectivity index (χ3v) is 28.0. The van der Waals surface area contributed by atoms with E-state index in [1.54, 1.807) is 0 Å². The topological polar surface area (TPSA) is 26.3 Å². The Bertz CT molecular complexity index is 9120. The summed E-state index contributed by atoms with van der Waals surface area (Å²) < 4.78 is 12.9. The van der Waals surface area contributed by atoms with Gasteiger partial charge in [-0.25, -0.2) is 0 Å². The van der Waals surface area contributed by atoms with Gasteiger partial charge in [0.2, 0.25) is 0 Å². The molecule has 0 N–H and O–H groups in total. The van der Waals surface area contributed by atoms with Crippen molar-refractivity contribution in [1.82, 2.24) is 0 Å². The minimum atomic E-state index is -0.0405. The van der Waals surface area contributed by atoms with Gasteiger partial charge in [0.15, 0.2) is 0 Å². The van der Waals surface area contributed by atoms with Gasteiger partial charge in [0.05, 0.1) is 0 Å². The summed E-state index contributed by atoms with van der Waals surface area (Å²) >= 11 is 0. The highest BCUT2D eigenvalue weighted by Crippen LogP contribution is 2.54. The summed E-state index contributed by atoms with van der Waals surface area (Å²) in [6.07, 6.45) is 0. The first-order valence-corrected chi connectivity index (χ1v) is 46.1. The lowest BCUT2D eigenvalue weighted by molar-refractivity contribution is 0.660. The van der Waals surface area contributed by atoms with Crippen LogP contribution >= 0.6 is 0 Å². The van der Waals surface area contributed by atoms with Crippen LogP contribution in [-0.4, -0.2) is 0 Å². The molecule has 27 rings (SSSR count). The quantitative estimate of drug-likeness (QED) is 0.128. The molecule has 0 saturated heterocycles. The number of hydrogen-bond donors (Lipinski definition) is 0. The number of benzene rings is 24. The van der Waals surface area contributed by atoms with Crippen molar-refractivity contribution in [1.29, 1.82) is 0 Å². The van der Waals surface area contributed by atoms with Crippen LogP contribution < -0.4 is 0 Å². The smallest absolute Gasteiger partial charge is 0.143 e. The third-order valence-electron chi connectivity index (χ3n) is 28.0. The summed E-state index contributed by atoms with van der Waals surface area (Å²) in [5.41, 5.74) is 33.8. The number of furan rings is 2. The largest absolute Gasteiger partial charge is 0.455 e. The van der Waals surface area contributed by atoms with Gasteiger partial charge < -0.3 is 8.83 Å². The van der Waals surface area contributed by atoms with Crippen LogP contribution in [0.3, 0.4) is 0 Å². The Hall–Kier alpha value is -17.0. The maximum absolute atomic E-state index is 6.52. The predicted octanol–water partition coefficient (Wildman–Crippen LogP) is 37.1. The molecule has 622 valence electrons. The third kappa shape index (κ3) is 13.4. The lowest BCUT2D eigenvalue weighted by atomic mass is 9.81. The first kappa shape index (κ1) is 78.2. The Balaban J connectivity index is 0.000000107. The molecule has 0 aliphatic heterocycles. The van der Waals surface area contributed by atoms with E-state index >= 15 is 0 Å². The van der Waals surface area contributed by atoms with Crippen molar-refractivity contribution >= 4 is 130 Å². The molecule has 133 heavy (non-hydrogen) atoms. The number of para-hydroxylation sites is 2. The molecule has 1 aliphatic carbocycles. The molecule has 0 unspecified atom stereocenters. The number of hydrogen-bond acceptors (Lipinski definition) is 2. The minimum Gasteiger partial charge on any atom is -0.455 e. The van der Waals surface area contributed by atoms with Gasteiger partial charge in [-0.3, -0.25) is 0 Å². The van der Waals surface area contributed by atoms with Crippen molar-refractivity contribution in [3.05, 3.63) is 496 Å². The zero-order chi connectivity index (χ0) is 88.2. The van der Waals surface area contributed by atoms with E-state index in [4.69, 9.17) is 8.83 Å². The van der Waals surface area contributed by atoms with Gasteiger partial charge in [0, 0.05) is 37.9 Å². The van der Waals surface area contributed by atoms with Gasteiger partial charge in [-0.1, -0.05) is 445 Å². The Kier molecular flexibility index (Phi) is 19.0. The molecular formula is C131H86O2. The molecule has 0 fully saturated rings. The standard InChI is InChI=1S/C47H34.C46H28O.C38H24O/c1-47(2)43-20-12-11-17-37(43)38-27-25-36(30-44(38)47)35-26-28-41-42(29-35)46(34-23-21-32(22-24-34)31-13-5-3-6-14-31)40-19-10-9-18-39(40)45(41)33-15-7-4-8-16-33;1-2-12-31(13-3-1)44-37-16-8-9-17-38(37)45(42-27-34(21-23-39(42)44)33-19-18-29-10-4-5-14-32(29)26-33)35-22-25-43-41(28-35)40-24-20-30-11-6-7-15-36(30)46(40)47-43;1-3-12-25(13-4-1)36-30-17-7-8-18-31(30)37(26-14-5-2-6-15-26)34-24-27(22-23-32(34)36)28-19-11-20-33-29-16-9-10-21-35(29)39-38(28)33/h3-30H,1-2H3;1-28H;1-24H. The zero-order valence-electron chi connectivity index (χ0n) is 73.5. The Morgan fingerprint density at radius 2 is 0.451 bits per heavy atom. The van der Waals surface area contributed by atoms with Gasteiger partial charge in [-0.05, 0) is 263 Å². The fourth-order valence-electron chi connectivity index (χ4n) is 21.7. The van der Waals surface area contributed by atoms with Gasteiger partial charge in [-0.2, -0.15) is 0 Å². The summed E-state index contributed by atoms with van der Waals surface area (Å²) in [7, 11) is 0. The van der Waals surface area contributed by atoms with Crippen LogP contribution in [0.25, 0.3) is 252 Å². The molecule has 2 heterocycles. The van der Waals surface area contributed by atoms with E-state index in [0.717, 1.165) is 60.4 Å². The monoisotopic (exact) mass is 1690 g/mol. The fraction of sp³-hybridized carbons (Fsp3) is 0.0229. The lowest BCUT2D eigenvalue weighted by Crippen LogP contribution is -2.14. The van der Waals surface area contributed by atoms with Crippen molar-refractivity contribution in [2.24, 2.45) is 0 Å². The average molecular weight is 1690 g/mol. The van der Waals surface area contributed by atoms with E-state index in [-0.39, 0.29) is 5.41 Å². The van der Waals surface area contributed by atoms with E-state index in [9.17, 15) is 0 Å². The maximum Gasteiger partial charge on any atom is 0.143 e. The van der Waals surface area contributed by atoms with Crippen LogP contribution in [-0.2, 0) is 5.41 Å². The molecule has 24 aromatic carbocycles. The van der Waals surface area contributed by atoms with Gasteiger partial charge in [0.1, 0.15) is 22.3 Å². The molecule has 1 aliphatic rings. The maximum atomic E-state index is 6.52. The molecular weight excluding hydrogens is 1610 g/mol. The molecule has 26 aromatic rings. The van der Waals surface area contributed by atoms with Crippen LogP contribution in [0.4, 0.5) is 0 Å². The van der Waals surface area contributed by atoms with Crippen molar-refractivity contribution in [2.75, 3.05) is 0 Å². The molecule has 0 spiro atoms. The average Bonchev–Trinajstić information content (AvgIpc) is 1.58. The molecule has 0 saturated carbocycles. The Labute approximate surface area is 771 Å². The number of rotatable bonds is 10. The molecule has 2 nitrogen and oxygen atoms in total. The second-order valence-corrected chi connectivity index (χ2v) is 35.8. The Morgan fingerprint density at radius 1 is 0.143 bits per heavy atom. The molecule has 2 heteroatoms. The second-order valence-electron chi connectivity index (χ2n) is 35.8. The van der Waals surface area contributed by atoms with Gasteiger partial charge in [-0.15, -0.1) is 0 Å². The van der Waals surface area contributed by atoms with Crippen LogP contribution in [0.1, 0.15) is 25.0 Å². The van der Waals surface area contributed by atoms with Crippen molar-refractivity contribution in [3.8, 4) is 122 Å². The number of fused-ring (bicyclic) bond motifs is 18. The highest BCUT2D eigenvalue weighted by molar-refractivity contribution is 6.27. The predicted molar refractivity (Wildman–Crippen MR) is 566 cm³/mol. The molecule has 0 bridgehead atoms. The first-order valence-electron chi connectivity index (χ1n) is 46.1. The molecule has 2 aromatic heterocycles. The fourth-order valence-corrected chi connectivity index (χ4v) is 21.7. The molecule has 0 atom stereocenters. The second kappa shape index (κ2) is 32.3. The normalized spacial score (nSPS) is 12.2. The zero-order valence-corrected chi connectivity index (χ0v) is 73.5. The summed E-state index contributed by atoms with van der Waals surface area (Å²) in [5.74, 6) is 0. The molecule has 0 radical (unpaired) electrons. The highest BCUT2D eigenvalue weighted by Gasteiger charge is 2.36. The minimum absolute atomic E-state index is 0.0405. The Morgan fingerprint density at radius 3 is 1.01 bits per heavy atom. The van der Waals surface area contributed by atoms with Crippen molar-refractivity contribution in [3.63, 3.8) is 0 Å². The van der Waals surface area contributed by atoms with E-state index in [1.165, 1.54) is 203 Å². The van der Waals surface area contributed by atoms with E-state index in [0.29, 0.717) is 0 Å².